The van der Waals surface area contributed by atoms with Gasteiger partial charge in [0.15, 0.2) is 23.6 Å². The third kappa shape index (κ3) is 11.2. The number of aliphatic hydroxyl groups excluding tert-OH is 1. The molecule has 1 aliphatic heterocycles. The van der Waals surface area contributed by atoms with Crippen molar-refractivity contribution >= 4 is 69.3 Å². The number of aliphatic hydroxyl groups is 2. The van der Waals surface area contributed by atoms with E-state index >= 15 is 4.79 Å². The highest BCUT2D eigenvalue weighted by molar-refractivity contribution is 8.76. The van der Waals surface area contributed by atoms with Crippen LogP contribution in [-0.4, -0.2) is 136 Å². The predicted molar refractivity (Wildman–Crippen MR) is 270 cm³/mol. The molecule has 1 heterocycles. The number of hydrogen-bond donors (Lipinski definition) is 4. The van der Waals surface area contributed by atoms with Gasteiger partial charge in [-0.25, -0.2) is 14.4 Å². The van der Waals surface area contributed by atoms with Gasteiger partial charge < -0.3 is 53.8 Å². The number of nitrogens with one attached hydrogen (secondary N) is 1. The highest BCUT2D eigenvalue weighted by Gasteiger charge is 2.79. The predicted octanol–water partition coefficient (Wildman–Crippen LogP) is 6.00. The number of amides is 1. The molecule has 7 rings (SSSR count). The molecule has 21 heteroatoms. The lowest BCUT2D eigenvalue weighted by atomic mass is 9.44. The molecule has 2 saturated carbocycles. The van der Waals surface area contributed by atoms with Crippen LogP contribution in [0, 0.1) is 22.7 Å². The summed E-state index contributed by atoms with van der Waals surface area (Å²) in [4.78, 5) is 111. The lowest BCUT2D eigenvalue weighted by Crippen LogP contribution is -2.82. The molecule has 12 atom stereocenters. The van der Waals surface area contributed by atoms with E-state index in [0.29, 0.717) is 5.56 Å². The molecule has 1 saturated heterocycles. The van der Waals surface area contributed by atoms with Crippen LogP contribution >= 0.6 is 21.6 Å². The number of fused-ring (bicyclic) bond motifs is 5. The zero-order valence-corrected chi connectivity index (χ0v) is 44.0. The van der Waals surface area contributed by atoms with Crippen molar-refractivity contribution in [1.29, 1.82) is 0 Å². The highest BCUT2D eigenvalue weighted by atomic mass is 33.1. The molecule has 19 nitrogen and oxygen atoms in total. The first kappa shape index (κ1) is 56.5. The summed E-state index contributed by atoms with van der Waals surface area (Å²) in [6, 6.07) is 22.6. The van der Waals surface area contributed by atoms with Gasteiger partial charge in [-0.05, 0) is 54.8 Å². The van der Waals surface area contributed by atoms with Gasteiger partial charge in [0.05, 0.1) is 35.5 Å². The van der Waals surface area contributed by atoms with E-state index in [1.165, 1.54) is 61.4 Å². The van der Waals surface area contributed by atoms with Crippen LogP contribution in [0.1, 0.15) is 93.6 Å². The summed E-state index contributed by atoms with van der Waals surface area (Å²) < 4.78 is 42.4. The number of hydrogen-bond acceptors (Lipinski definition) is 19. The Kier molecular flexibility index (Phi) is 17.3. The lowest BCUT2D eigenvalue weighted by Gasteiger charge is -2.67. The van der Waals surface area contributed by atoms with Crippen molar-refractivity contribution in [3.8, 4) is 0 Å². The molecule has 3 fully saturated rings. The number of carboxylic acid groups (broad SMARTS) is 1. The van der Waals surface area contributed by atoms with Crippen LogP contribution < -0.4 is 5.32 Å². The largest absolute Gasteiger partial charge is 0.508 e. The fraction of sp³-hybridized carbons (Fsp3) is 0.481. The van der Waals surface area contributed by atoms with E-state index in [2.05, 4.69) is 5.32 Å². The summed E-state index contributed by atoms with van der Waals surface area (Å²) in [6.07, 6.45) is -12.5. The maximum absolute atomic E-state index is 16.2. The van der Waals surface area contributed by atoms with Crippen molar-refractivity contribution in [3.05, 3.63) is 119 Å². The summed E-state index contributed by atoms with van der Waals surface area (Å²) in [5.74, 6) is -8.45. The number of rotatable bonds is 18. The average molecular weight is 1080 g/mol. The van der Waals surface area contributed by atoms with E-state index in [1.807, 2.05) is 0 Å². The topological polar surface area (TPSA) is 274 Å². The van der Waals surface area contributed by atoms with Gasteiger partial charge in [-0.2, -0.15) is 0 Å². The lowest BCUT2D eigenvalue weighted by molar-refractivity contribution is -0.346. The van der Waals surface area contributed by atoms with E-state index in [0.717, 1.165) is 13.8 Å². The SMILES string of the molecule is CC(=O)O[C@H]1C(=O)[C@@]2(C)C([C@H](OC(=O)c3ccccc3)[C@]3(O)C[C@H](OC(=O)[C@H](O)[C@H](NC(=O)c4ccccc4)c4ccccc4)C(C)=C1C3(C)C)[C@]1(OC(C)=O)CO[C@@H]1C[C@@H]2OC(=O)OCCSSC[C@H](C)C(=O)O. The third-order valence-electron chi connectivity index (χ3n) is 14.9. The van der Waals surface area contributed by atoms with E-state index in [9.17, 15) is 48.9 Å². The molecule has 402 valence electrons. The minimum atomic E-state index is -2.52. The Bertz CT molecular complexity index is 2690. The maximum atomic E-state index is 16.2. The number of ether oxygens (including phenoxy) is 7. The molecule has 0 radical (unpaired) electrons. The molecule has 75 heavy (non-hydrogen) atoms. The zero-order chi connectivity index (χ0) is 54.6. The van der Waals surface area contributed by atoms with Gasteiger partial charge in [-0.3, -0.25) is 24.0 Å². The normalized spacial score (nSPS) is 28.6. The molecule has 3 aromatic rings. The number of carboxylic acids is 1. The maximum Gasteiger partial charge on any atom is 0.508 e. The van der Waals surface area contributed by atoms with E-state index < -0.39 is 137 Å². The van der Waals surface area contributed by atoms with Gasteiger partial charge >= 0.3 is 36.0 Å². The third-order valence-corrected chi connectivity index (χ3v) is 17.4. The van der Waals surface area contributed by atoms with Crippen LogP contribution in [0.5, 0.6) is 0 Å². The van der Waals surface area contributed by atoms with Crippen molar-refractivity contribution in [2.24, 2.45) is 22.7 Å². The Balaban J connectivity index is 1.35. The Morgan fingerprint density at radius 3 is 2.01 bits per heavy atom. The van der Waals surface area contributed by atoms with E-state index in [4.69, 9.17) is 33.2 Å². The Hall–Kier alpha value is -6.26. The van der Waals surface area contributed by atoms with Crippen molar-refractivity contribution in [1.82, 2.24) is 5.32 Å². The van der Waals surface area contributed by atoms with Gasteiger partial charge in [-0.15, -0.1) is 0 Å². The molecule has 4 aliphatic rings. The summed E-state index contributed by atoms with van der Waals surface area (Å²) in [7, 11) is 2.52. The first-order valence-corrected chi connectivity index (χ1v) is 26.8. The van der Waals surface area contributed by atoms with Crippen LogP contribution in [-0.2, 0) is 57.1 Å². The molecule has 0 spiro atoms. The number of esters is 4. The monoisotopic (exact) mass is 1080 g/mol. The Morgan fingerprint density at radius 1 is 0.827 bits per heavy atom. The molecule has 1 unspecified atom stereocenters. The quantitative estimate of drug-likeness (QED) is 0.0374. The van der Waals surface area contributed by atoms with Gasteiger partial charge in [0.2, 0.25) is 0 Å². The van der Waals surface area contributed by atoms with Crippen LogP contribution in [0.25, 0.3) is 0 Å². The molecule has 1 amide bonds. The minimum absolute atomic E-state index is 0.00808. The summed E-state index contributed by atoms with van der Waals surface area (Å²) in [5.41, 5.74) is -7.84. The zero-order valence-electron chi connectivity index (χ0n) is 42.4. The Labute approximate surface area is 441 Å². The smallest absolute Gasteiger partial charge is 0.481 e. The van der Waals surface area contributed by atoms with E-state index in [1.54, 1.807) is 85.8 Å². The number of carbonyl (C=O) groups is 8. The first-order valence-electron chi connectivity index (χ1n) is 24.3. The molecular weight excluding hydrogens is 1010 g/mol. The molecule has 4 N–H and O–H groups in total. The fourth-order valence-corrected chi connectivity index (χ4v) is 13.1. The van der Waals surface area contributed by atoms with Crippen molar-refractivity contribution in [2.45, 2.75) is 115 Å². The molecule has 3 aliphatic carbocycles. The van der Waals surface area contributed by atoms with Gasteiger partial charge in [0.25, 0.3) is 5.91 Å². The van der Waals surface area contributed by atoms with Crippen LogP contribution in [0.15, 0.2) is 102 Å². The average Bonchev–Trinajstić information content (AvgIpc) is 3.43. The summed E-state index contributed by atoms with van der Waals surface area (Å²) in [6.45, 7) is 9.04. The highest BCUT2D eigenvalue weighted by Crippen LogP contribution is 2.65. The molecule has 0 aromatic heterocycles. The second-order valence-electron chi connectivity index (χ2n) is 19.9. The van der Waals surface area contributed by atoms with Crippen LogP contribution in [0.3, 0.4) is 0 Å². The summed E-state index contributed by atoms with van der Waals surface area (Å²) >= 11 is 0. The minimum Gasteiger partial charge on any atom is -0.481 e. The second kappa shape index (κ2) is 22.9. The van der Waals surface area contributed by atoms with Crippen molar-refractivity contribution < 1.29 is 86.8 Å². The number of aliphatic carboxylic acids is 1. The van der Waals surface area contributed by atoms with Crippen LogP contribution in [0.2, 0.25) is 0 Å². The second-order valence-corrected chi connectivity index (χ2v) is 22.5. The standard InChI is InChI=1S/C54H61NO18S2/c1-29(47(61)62)27-75-74-24-23-67-50(65)71-37-25-38-53(28-68-38,73-32(4)57)43-45(72-48(63)35-21-15-10-16-22-35)54(66)26-36(30(2)39(51(54,5)6)42(69-31(3)56)44(59)52(37,43)7)70-49(64)41(58)40(33-17-11-8-12-18-33)55-46(60)34-19-13-9-14-20-34/h8-22,29,36-38,40-43,45,58,66H,23-28H2,1-7H3,(H,55,60)(H,61,62)/t29-,36-,37-,38+,40+,41+,42+,43?,45-,52+,53-,54+/m0/s1. The van der Waals surface area contributed by atoms with Crippen LogP contribution in [0.4, 0.5) is 4.79 Å². The number of benzene rings is 3. The van der Waals surface area contributed by atoms with Crippen molar-refractivity contribution in [2.75, 3.05) is 24.7 Å². The number of ketones is 1. The van der Waals surface area contributed by atoms with Crippen molar-refractivity contribution in [3.63, 3.8) is 0 Å². The number of carbonyl (C=O) groups excluding carboxylic acids is 7. The molecule has 3 aromatic carbocycles. The van der Waals surface area contributed by atoms with E-state index in [-0.39, 0.29) is 46.8 Å². The first-order chi connectivity index (χ1) is 35.5. The number of Topliss-reactive ketones (excluding diaryl/α,β-unsaturated/α-hetero) is 1. The molecular formula is C54H61NO18S2. The summed E-state index contributed by atoms with van der Waals surface area (Å²) in [5, 5.41) is 37.9. The Morgan fingerprint density at radius 2 is 1.44 bits per heavy atom. The molecule has 2 bridgehead atoms. The van der Waals surface area contributed by atoms with Gasteiger partial charge in [-0.1, -0.05) is 109 Å². The fourth-order valence-electron chi connectivity index (χ4n) is 10.9. The van der Waals surface area contributed by atoms with Gasteiger partial charge in [0.1, 0.15) is 36.6 Å². The van der Waals surface area contributed by atoms with Gasteiger partial charge in [0, 0.05) is 49.2 Å².